The summed E-state index contributed by atoms with van der Waals surface area (Å²) in [6.45, 7) is 10.2. The molecule has 0 aliphatic carbocycles. The number of hydrogen-bond donors (Lipinski definition) is 0. The van der Waals surface area contributed by atoms with Gasteiger partial charge in [0.25, 0.3) is 0 Å². The number of nitriles is 1. The van der Waals surface area contributed by atoms with Crippen LogP contribution >= 0.6 is 0 Å². The molecule has 16 heavy (non-hydrogen) atoms. The van der Waals surface area contributed by atoms with Gasteiger partial charge in [-0.05, 0) is 24.8 Å². The maximum atomic E-state index is 9.14. The Morgan fingerprint density at radius 2 is 1.81 bits per heavy atom. The summed E-state index contributed by atoms with van der Waals surface area (Å²) in [5, 5.41) is 9.14. The molecule has 0 radical (unpaired) electrons. The van der Waals surface area contributed by atoms with Crippen LogP contribution in [0.15, 0.2) is 6.07 Å². The van der Waals surface area contributed by atoms with Crippen molar-refractivity contribution in [3.05, 3.63) is 23.3 Å². The van der Waals surface area contributed by atoms with E-state index in [1.807, 2.05) is 26.8 Å². The summed E-state index contributed by atoms with van der Waals surface area (Å²) in [6, 6.07) is 4.28. The molecule has 0 aliphatic rings. The average molecular weight is 217 g/mol. The molecule has 0 amide bonds. The fourth-order valence-electron chi connectivity index (χ4n) is 1.56. The number of hydrogen-bond acceptors (Lipinski definition) is 3. The van der Waals surface area contributed by atoms with Crippen LogP contribution in [-0.4, -0.2) is 9.97 Å². The molecule has 0 fully saturated rings. The molecule has 1 unspecified atom stereocenters. The van der Waals surface area contributed by atoms with Crippen molar-refractivity contribution in [1.29, 1.82) is 5.26 Å². The van der Waals surface area contributed by atoms with Gasteiger partial charge in [-0.2, -0.15) is 5.26 Å². The van der Waals surface area contributed by atoms with Crippen molar-refractivity contribution in [2.24, 2.45) is 5.92 Å². The maximum absolute atomic E-state index is 9.14. The molecule has 1 heterocycles. The van der Waals surface area contributed by atoms with Crippen molar-refractivity contribution < 1.29 is 0 Å². The highest BCUT2D eigenvalue weighted by Crippen LogP contribution is 2.22. The van der Waals surface area contributed by atoms with Gasteiger partial charge in [-0.3, -0.25) is 0 Å². The second kappa shape index (κ2) is 5.07. The Bertz CT molecular complexity index is 402. The van der Waals surface area contributed by atoms with Crippen molar-refractivity contribution in [3.63, 3.8) is 0 Å². The van der Waals surface area contributed by atoms with E-state index in [-0.39, 0.29) is 11.8 Å². The van der Waals surface area contributed by atoms with Gasteiger partial charge < -0.3 is 0 Å². The highest BCUT2D eigenvalue weighted by molar-refractivity contribution is 5.18. The highest BCUT2D eigenvalue weighted by atomic mass is 14.9. The first-order valence-corrected chi connectivity index (χ1v) is 5.70. The van der Waals surface area contributed by atoms with E-state index in [0.29, 0.717) is 11.7 Å². The third-order valence-corrected chi connectivity index (χ3v) is 2.57. The lowest BCUT2D eigenvalue weighted by Crippen LogP contribution is -2.11. The summed E-state index contributed by atoms with van der Waals surface area (Å²) in [7, 11) is 0. The zero-order valence-corrected chi connectivity index (χ0v) is 10.7. The third-order valence-electron chi connectivity index (χ3n) is 2.57. The molecule has 0 bridgehead atoms. The molecule has 0 spiro atoms. The molecule has 3 heteroatoms. The zero-order chi connectivity index (χ0) is 12.3. The van der Waals surface area contributed by atoms with Gasteiger partial charge in [-0.25, -0.2) is 9.97 Å². The summed E-state index contributed by atoms with van der Waals surface area (Å²) in [6.07, 6.45) is 0. The molecule has 0 N–H and O–H groups in total. The molecular formula is C13H19N3. The normalized spacial score (nSPS) is 12.9. The van der Waals surface area contributed by atoms with E-state index in [1.54, 1.807) is 0 Å². The molecule has 86 valence electrons. The maximum Gasteiger partial charge on any atom is 0.146 e. The first-order chi connectivity index (χ1) is 7.45. The summed E-state index contributed by atoms with van der Waals surface area (Å²) < 4.78 is 0. The summed E-state index contributed by atoms with van der Waals surface area (Å²) >= 11 is 0. The first-order valence-electron chi connectivity index (χ1n) is 5.70. The van der Waals surface area contributed by atoms with Gasteiger partial charge in [0, 0.05) is 11.4 Å². The van der Waals surface area contributed by atoms with Crippen LogP contribution in [0.25, 0.3) is 0 Å². The number of nitrogens with zero attached hydrogens (tertiary/aromatic N) is 3. The van der Waals surface area contributed by atoms with Crippen molar-refractivity contribution in [2.75, 3.05) is 0 Å². The van der Waals surface area contributed by atoms with E-state index in [2.05, 4.69) is 29.9 Å². The van der Waals surface area contributed by atoms with Gasteiger partial charge in [0.15, 0.2) is 0 Å². The quantitative estimate of drug-likeness (QED) is 0.781. The molecule has 0 saturated carbocycles. The summed E-state index contributed by atoms with van der Waals surface area (Å²) in [4.78, 5) is 8.87. The smallest absolute Gasteiger partial charge is 0.146 e. The average Bonchev–Trinajstić information content (AvgIpc) is 2.17. The zero-order valence-electron chi connectivity index (χ0n) is 10.7. The second-order valence-corrected chi connectivity index (χ2v) is 4.80. The molecule has 0 saturated heterocycles. The molecule has 3 nitrogen and oxygen atoms in total. The molecule has 1 atom stereocenters. The Morgan fingerprint density at radius 3 is 2.25 bits per heavy atom. The van der Waals surface area contributed by atoms with Crippen molar-refractivity contribution in [1.82, 2.24) is 9.97 Å². The number of aryl methyl sites for hydroxylation is 1. The van der Waals surface area contributed by atoms with E-state index in [0.717, 1.165) is 11.4 Å². The predicted molar refractivity (Wildman–Crippen MR) is 64.1 cm³/mol. The Kier molecular flexibility index (Phi) is 4.00. The van der Waals surface area contributed by atoms with E-state index >= 15 is 0 Å². The SMILES string of the molecule is Cc1cc(C(C)C)nc(C(C#N)C(C)C)n1. The fourth-order valence-corrected chi connectivity index (χ4v) is 1.56. The summed E-state index contributed by atoms with van der Waals surface area (Å²) in [5.74, 6) is 1.07. The van der Waals surface area contributed by atoms with E-state index in [9.17, 15) is 0 Å². The first kappa shape index (κ1) is 12.6. The second-order valence-electron chi connectivity index (χ2n) is 4.80. The van der Waals surface area contributed by atoms with Gasteiger partial charge in [-0.1, -0.05) is 27.7 Å². The third kappa shape index (κ3) is 2.79. The molecular weight excluding hydrogens is 198 g/mol. The number of rotatable bonds is 3. The Labute approximate surface area is 97.5 Å². The standard InChI is InChI=1S/C13H19N3/c1-8(2)11(7-14)13-15-10(5)6-12(16-13)9(3)4/h6,8-9,11H,1-5H3. The minimum atomic E-state index is -0.211. The highest BCUT2D eigenvalue weighted by Gasteiger charge is 2.19. The van der Waals surface area contributed by atoms with Gasteiger partial charge in [0.1, 0.15) is 11.7 Å². The Hall–Kier alpha value is -1.43. The lowest BCUT2D eigenvalue weighted by atomic mass is 9.96. The van der Waals surface area contributed by atoms with Crippen LogP contribution in [0.1, 0.15) is 56.7 Å². The van der Waals surface area contributed by atoms with Gasteiger partial charge in [-0.15, -0.1) is 0 Å². The minimum absolute atomic E-state index is 0.211. The van der Waals surface area contributed by atoms with Gasteiger partial charge in [0.05, 0.1) is 6.07 Å². The van der Waals surface area contributed by atoms with Crippen LogP contribution in [0.4, 0.5) is 0 Å². The molecule has 0 aliphatic heterocycles. The van der Waals surface area contributed by atoms with Crippen LogP contribution in [0.2, 0.25) is 0 Å². The molecule has 1 rings (SSSR count). The lowest BCUT2D eigenvalue weighted by Gasteiger charge is -2.14. The topological polar surface area (TPSA) is 49.6 Å². The Morgan fingerprint density at radius 1 is 1.19 bits per heavy atom. The van der Waals surface area contributed by atoms with Crippen LogP contribution in [0.3, 0.4) is 0 Å². The lowest BCUT2D eigenvalue weighted by molar-refractivity contribution is 0.555. The largest absolute Gasteiger partial charge is 0.237 e. The van der Waals surface area contributed by atoms with Crippen LogP contribution in [0, 0.1) is 24.2 Å². The van der Waals surface area contributed by atoms with E-state index < -0.39 is 0 Å². The van der Waals surface area contributed by atoms with Gasteiger partial charge in [0.2, 0.25) is 0 Å². The van der Waals surface area contributed by atoms with Crippen molar-refractivity contribution in [2.45, 2.75) is 46.5 Å². The van der Waals surface area contributed by atoms with E-state index in [4.69, 9.17) is 5.26 Å². The van der Waals surface area contributed by atoms with Crippen LogP contribution in [-0.2, 0) is 0 Å². The fraction of sp³-hybridized carbons (Fsp3) is 0.615. The Balaban J connectivity index is 3.19. The van der Waals surface area contributed by atoms with Crippen molar-refractivity contribution in [3.8, 4) is 6.07 Å². The molecule has 1 aromatic heterocycles. The van der Waals surface area contributed by atoms with Crippen molar-refractivity contribution >= 4 is 0 Å². The minimum Gasteiger partial charge on any atom is -0.237 e. The van der Waals surface area contributed by atoms with E-state index in [1.165, 1.54) is 0 Å². The van der Waals surface area contributed by atoms with Crippen LogP contribution < -0.4 is 0 Å². The van der Waals surface area contributed by atoms with Crippen LogP contribution in [0.5, 0.6) is 0 Å². The number of aromatic nitrogens is 2. The summed E-state index contributed by atoms with van der Waals surface area (Å²) in [5.41, 5.74) is 1.96. The molecule has 0 aromatic carbocycles. The van der Waals surface area contributed by atoms with Gasteiger partial charge >= 0.3 is 0 Å². The molecule has 1 aromatic rings. The predicted octanol–water partition coefficient (Wildman–Crippen LogP) is 3.17. The monoisotopic (exact) mass is 217 g/mol.